The summed E-state index contributed by atoms with van der Waals surface area (Å²) in [5, 5.41) is 12.3. The van der Waals surface area contributed by atoms with Crippen LogP contribution < -0.4 is 5.32 Å². The number of aromatic nitrogens is 1. The molecule has 0 atom stereocenters. The van der Waals surface area contributed by atoms with Crippen LogP contribution in [0.5, 0.6) is 0 Å². The maximum atomic E-state index is 13.1. The predicted molar refractivity (Wildman–Crippen MR) is 110 cm³/mol. The van der Waals surface area contributed by atoms with Crippen LogP contribution in [0.25, 0.3) is 0 Å². The monoisotopic (exact) mass is 370 g/mol. The third-order valence-electron chi connectivity index (χ3n) is 4.34. The SMILES string of the molecule is CC(C)N(Cc1ccccc1)C(=O)c1cc(Nc2cccc(C#N)c2)ccn1. The lowest BCUT2D eigenvalue weighted by atomic mass is 10.1. The van der Waals surface area contributed by atoms with E-state index >= 15 is 0 Å². The topological polar surface area (TPSA) is 69.0 Å². The fraction of sp³-hybridized carbons (Fsp3) is 0.174. The summed E-state index contributed by atoms with van der Waals surface area (Å²) < 4.78 is 0. The zero-order valence-electron chi connectivity index (χ0n) is 16.0. The van der Waals surface area contributed by atoms with Gasteiger partial charge in [0.05, 0.1) is 11.6 Å². The molecule has 1 amide bonds. The van der Waals surface area contributed by atoms with Crippen LogP contribution in [0, 0.1) is 11.3 Å². The zero-order valence-corrected chi connectivity index (χ0v) is 16.0. The summed E-state index contributed by atoms with van der Waals surface area (Å²) in [7, 11) is 0. The van der Waals surface area contributed by atoms with Crippen molar-refractivity contribution in [1.82, 2.24) is 9.88 Å². The lowest BCUT2D eigenvalue weighted by molar-refractivity contribution is 0.0684. The molecule has 0 aliphatic carbocycles. The Kier molecular flexibility index (Phi) is 6.03. The van der Waals surface area contributed by atoms with E-state index in [4.69, 9.17) is 5.26 Å². The number of nitrogens with zero attached hydrogens (tertiary/aromatic N) is 3. The molecule has 0 saturated heterocycles. The number of hydrogen-bond acceptors (Lipinski definition) is 4. The van der Waals surface area contributed by atoms with Crippen molar-refractivity contribution in [2.45, 2.75) is 26.4 Å². The molecule has 3 aromatic rings. The van der Waals surface area contributed by atoms with Gasteiger partial charge in [-0.15, -0.1) is 0 Å². The first-order chi connectivity index (χ1) is 13.6. The number of nitrogens with one attached hydrogen (secondary N) is 1. The van der Waals surface area contributed by atoms with Crippen molar-refractivity contribution in [3.63, 3.8) is 0 Å². The minimum Gasteiger partial charge on any atom is -0.355 e. The molecule has 0 aliphatic rings. The van der Waals surface area contributed by atoms with Crippen LogP contribution in [0.4, 0.5) is 11.4 Å². The van der Waals surface area contributed by atoms with Crippen LogP contribution in [0.1, 0.15) is 35.5 Å². The van der Waals surface area contributed by atoms with Gasteiger partial charge in [0.15, 0.2) is 0 Å². The number of anilines is 2. The zero-order chi connectivity index (χ0) is 19.9. The van der Waals surface area contributed by atoms with Crippen LogP contribution in [0.15, 0.2) is 72.9 Å². The number of carbonyl (C=O) groups is 1. The average Bonchev–Trinajstić information content (AvgIpc) is 2.72. The van der Waals surface area contributed by atoms with Crippen molar-refractivity contribution in [2.75, 3.05) is 5.32 Å². The first-order valence-electron chi connectivity index (χ1n) is 9.15. The van der Waals surface area contributed by atoms with E-state index in [0.29, 0.717) is 17.8 Å². The average molecular weight is 370 g/mol. The van der Waals surface area contributed by atoms with Gasteiger partial charge >= 0.3 is 0 Å². The summed E-state index contributed by atoms with van der Waals surface area (Å²) in [6, 6.07) is 22.8. The molecule has 0 saturated carbocycles. The van der Waals surface area contributed by atoms with Crippen molar-refractivity contribution in [3.05, 3.63) is 89.7 Å². The number of amides is 1. The molecule has 0 unspecified atom stereocenters. The third-order valence-corrected chi connectivity index (χ3v) is 4.34. The largest absolute Gasteiger partial charge is 0.355 e. The van der Waals surface area contributed by atoms with Crippen molar-refractivity contribution in [2.24, 2.45) is 0 Å². The van der Waals surface area contributed by atoms with E-state index < -0.39 is 0 Å². The van der Waals surface area contributed by atoms with Crippen LogP contribution in [0.2, 0.25) is 0 Å². The normalized spacial score (nSPS) is 10.4. The highest BCUT2D eigenvalue weighted by Crippen LogP contribution is 2.19. The quantitative estimate of drug-likeness (QED) is 0.680. The molecule has 5 heteroatoms. The molecule has 1 heterocycles. The maximum Gasteiger partial charge on any atom is 0.273 e. The molecule has 0 spiro atoms. The van der Waals surface area contributed by atoms with E-state index in [1.54, 1.807) is 35.4 Å². The molecule has 0 radical (unpaired) electrons. The molecular weight excluding hydrogens is 348 g/mol. The number of rotatable bonds is 6. The van der Waals surface area contributed by atoms with Crippen molar-refractivity contribution in [3.8, 4) is 6.07 Å². The Labute approximate surface area is 165 Å². The molecule has 0 aliphatic heterocycles. The molecule has 28 heavy (non-hydrogen) atoms. The Hall–Kier alpha value is -3.65. The lowest BCUT2D eigenvalue weighted by Crippen LogP contribution is -2.36. The second-order valence-corrected chi connectivity index (χ2v) is 6.76. The lowest BCUT2D eigenvalue weighted by Gasteiger charge is -2.26. The molecule has 140 valence electrons. The molecule has 3 rings (SSSR count). The summed E-state index contributed by atoms with van der Waals surface area (Å²) >= 11 is 0. The Morgan fingerprint density at radius 1 is 1.07 bits per heavy atom. The predicted octanol–water partition coefficient (Wildman–Crippen LogP) is 4.75. The van der Waals surface area contributed by atoms with Gasteiger partial charge in [-0.25, -0.2) is 0 Å². The third kappa shape index (κ3) is 4.74. The maximum absolute atomic E-state index is 13.1. The number of nitriles is 1. The van der Waals surface area contributed by atoms with E-state index in [1.807, 2.05) is 56.3 Å². The summed E-state index contributed by atoms with van der Waals surface area (Å²) in [6.45, 7) is 4.52. The molecule has 2 aromatic carbocycles. The van der Waals surface area contributed by atoms with E-state index in [0.717, 1.165) is 16.9 Å². The van der Waals surface area contributed by atoms with Crippen LogP contribution in [-0.4, -0.2) is 21.8 Å². The molecule has 0 fully saturated rings. The van der Waals surface area contributed by atoms with Gasteiger partial charge in [0.2, 0.25) is 0 Å². The van der Waals surface area contributed by atoms with Crippen LogP contribution in [0.3, 0.4) is 0 Å². The van der Waals surface area contributed by atoms with Gasteiger partial charge in [0.1, 0.15) is 5.69 Å². The first-order valence-corrected chi connectivity index (χ1v) is 9.15. The van der Waals surface area contributed by atoms with Gasteiger partial charge in [-0.05, 0) is 49.7 Å². The Morgan fingerprint density at radius 2 is 1.82 bits per heavy atom. The smallest absolute Gasteiger partial charge is 0.273 e. The van der Waals surface area contributed by atoms with Gasteiger partial charge in [0.25, 0.3) is 5.91 Å². The number of benzene rings is 2. The minimum absolute atomic E-state index is 0.0402. The standard InChI is InChI=1S/C23H22N4O/c1-17(2)27(16-18-7-4-3-5-8-18)23(28)22-14-21(11-12-25-22)26-20-10-6-9-19(13-20)15-24/h3-14,17H,16H2,1-2H3,(H,25,26). The van der Waals surface area contributed by atoms with Crippen LogP contribution in [-0.2, 0) is 6.54 Å². The second-order valence-electron chi connectivity index (χ2n) is 6.76. The van der Waals surface area contributed by atoms with E-state index in [1.165, 1.54) is 0 Å². The van der Waals surface area contributed by atoms with Gasteiger partial charge in [-0.3, -0.25) is 9.78 Å². The molecular formula is C23H22N4O. The molecule has 1 N–H and O–H groups in total. The van der Waals surface area contributed by atoms with E-state index in [-0.39, 0.29) is 11.9 Å². The summed E-state index contributed by atoms with van der Waals surface area (Å²) in [6.07, 6.45) is 1.62. The van der Waals surface area contributed by atoms with Crippen molar-refractivity contribution < 1.29 is 4.79 Å². The molecule has 0 bridgehead atoms. The Balaban J connectivity index is 1.81. The highest BCUT2D eigenvalue weighted by molar-refractivity contribution is 5.93. The highest BCUT2D eigenvalue weighted by atomic mass is 16.2. The second kappa shape index (κ2) is 8.83. The number of hydrogen-bond donors (Lipinski definition) is 1. The fourth-order valence-corrected chi connectivity index (χ4v) is 2.87. The van der Waals surface area contributed by atoms with E-state index in [9.17, 15) is 4.79 Å². The van der Waals surface area contributed by atoms with Crippen LogP contribution >= 0.6 is 0 Å². The molecule has 5 nitrogen and oxygen atoms in total. The first kappa shape index (κ1) is 19.1. The highest BCUT2D eigenvalue weighted by Gasteiger charge is 2.20. The van der Waals surface area contributed by atoms with Gasteiger partial charge in [-0.2, -0.15) is 5.26 Å². The fourth-order valence-electron chi connectivity index (χ4n) is 2.87. The van der Waals surface area contributed by atoms with Crippen molar-refractivity contribution in [1.29, 1.82) is 5.26 Å². The Bertz CT molecular complexity index is 993. The van der Waals surface area contributed by atoms with Gasteiger partial charge < -0.3 is 10.2 Å². The summed E-state index contributed by atoms with van der Waals surface area (Å²) in [5.41, 5.74) is 3.56. The van der Waals surface area contributed by atoms with Gasteiger partial charge in [0, 0.05) is 30.2 Å². The number of carbonyl (C=O) groups excluding carboxylic acids is 1. The summed E-state index contributed by atoms with van der Waals surface area (Å²) in [4.78, 5) is 19.2. The number of pyridine rings is 1. The molecule has 1 aromatic heterocycles. The minimum atomic E-state index is -0.117. The van der Waals surface area contributed by atoms with Gasteiger partial charge in [-0.1, -0.05) is 36.4 Å². The summed E-state index contributed by atoms with van der Waals surface area (Å²) in [5.74, 6) is -0.117. The van der Waals surface area contributed by atoms with Crippen molar-refractivity contribution >= 4 is 17.3 Å². The Morgan fingerprint density at radius 3 is 2.54 bits per heavy atom. The van der Waals surface area contributed by atoms with E-state index in [2.05, 4.69) is 16.4 Å².